The van der Waals surface area contributed by atoms with E-state index in [-0.39, 0.29) is 18.0 Å². The van der Waals surface area contributed by atoms with Crippen LogP contribution in [0.25, 0.3) is 0 Å². The molecule has 0 aliphatic rings. The van der Waals surface area contributed by atoms with Crippen LogP contribution >= 0.6 is 11.8 Å². The molecule has 0 radical (unpaired) electrons. The lowest BCUT2D eigenvalue weighted by atomic mass is 10.3. The summed E-state index contributed by atoms with van der Waals surface area (Å²) in [6.07, 6.45) is 1.21. The Hall–Kier alpha value is -2.15. The van der Waals surface area contributed by atoms with E-state index < -0.39 is 11.5 Å². The van der Waals surface area contributed by atoms with Gasteiger partial charge in [0.2, 0.25) is 0 Å². The third kappa shape index (κ3) is 4.16. The number of benzene rings is 1. The normalized spacial score (nSPS) is 10.4. The van der Waals surface area contributed by atoms with Gasteiger partial charge in [-0.05, 0) is 31.2 Å². The molecule has 2 aromatic rings. The molecule has 0 saturated carbocycles. The molecule has 0 atom stereocenters. The fourth-order valence-corrected chi connectivity index (χ4v) is 2.32. The van der Waals surface area contributed by atoms with Crippen LogP contribution in [0.2, 0.25) is 0 Å². The molecular weight excluding hydrogens is 295 g/mol. The molecule has 0 bridgehead atoms. The highest BCUT2D eigenvalue weighted by molar-refractivity contribution is 7.98. The second-order valence-corrected chi connectivity index (χ2v) is 5.08. The first-order valence-electron chi connectivity index (χ1n) is 6.24. The number of esters is 1. The highest BCUT2D eigenvalue weighted by atomic mass is 32.2. The van der Waals surface area contributed by atoms with E-state index in [9.17, 15) is 14.0 Å². The highest BCUT2D eigenvalue weighted by Gasteiger charge is 2.12. The second kappa shape index (κ2) is 7.03. The number of rotatable bonds is 5. The van der Waals surface area contributed by atoms with E-state index in [1.807, 2.05) is 0 Å². The lowest BCUT2D eigenvalue weighted by molar-refractivity contribution is 0.0523. The molecule has 1 N–H and O–H groups in total. The number of hydrogen-bond acceptors (Lipinski definition) is 5. The van der Waals surface area contributed by atoms with Crippen LogP contribution in [0.3, 0.4) is 0 Å². The summed E-state index contributed by atoms with van der Waals surface area (Å²) in [6.45, 7) is 1.85. The summed E-state index contributed by atoms with van der Waals surface area (Å²) in [4.78, 5) is 30.6. The fraction of sp³-hybridized carbons (Fsp3) is 0.214. The number of H-pyrrole nitrogens is 1. The number of hydrogen-bond donors (Lipinski definition) is 1. The maximum Gasteiger partial charge on any atom is 0.345 e. The smallest absolute Gasteiger partial charge is 0.345 e. The minimum atomic E-state index is -0.691. The van der Waals surface area contributed by atoms with Crippen LogP contribution in [0.15, 0.2) is 40.2 Å². The van der Waals surface area contributed by atoms with E-state index in [2.05, 4.69) is 9.97 Å². The van der Waals surface area contributed by atoms with Crippen molar-refractivity contribution in [2.75, 3.05) is 6.61 Å². The zero-order valence-electron chi connectivity index (χ0n) is 11.3. The first-order chi connectivity index (χ1) is 10.1. The number of carbonyl (C=O) groups is 1. The van der Waals surface area contributed by atoms with Gasteiger partial charge in [0, 0.05) is 11.1 Å². The lowest BCUT2D eigenvalue weighted by Crippen LogP contribution is -2.21. The van der Waals surface area contributed by atoms with Crippen LogP contribution < -0.4 is 5.56 Å². The van der Waals surface area contributed by atoms with Gasteiger partial charge in [-0.15, -0.1) is 11.8 Å². The Kier molecular flexibility index (Phi) is 5.10. The third-order valence-corrected chi connectivity index (χ3v) is 3.56. The van der Waals surface area contributed by atoms with Crippen LogP contribution in [-0.2, 0) is 10.5 Å². The van der Waals surface area contributed by atoms with Crippen LogP contribution in [0, 0.1) is 5.82 Å². The Bertz CT molecular complexity index is 685. The standard InChI is InChI=1S/C14H13FN2O3S/c1-2-20-14(19)11-7-16-12(17-13(11)18)8-21-10-5-3-9(15)4-6-10/h3-7H,2,8H2,1H3,(H,16,17,18). The second-order valence-electron chi connectivity index (χ2n) is 4.04. The number of nitrogens with one attached hydrogen (secondary N) is 1. The molecule has 0 aliphatic carbocycles. The van der Waals surface area contributed by atoms with Crippen molar-refractivity contribution in [1.29, 1.82) is 0 Å². The van der Waals surface area contributed by atoms with E-state index in [1.165, 1.54) is 30.1 Å². The summed E-state index contributed by atoms with van der Waals surface area (Å²) in [5, 5.41) is 0. The maximum absolute atomic E-state index is 12.8. The fourth-order valence-electron chi connectivity index (χ4n) is 1.54. The Labute approximate surface area is 124 Å². The molecule has 5 nitrogen and oxygen atoms in total. The van der Waals surface area contributed by atoms with E-state index in [4.69, 9.17) is 4.74 Å². The van der Waals surface area contributed by atoms with Crippen molar-refractivity contribution in [1.82, 2.24) is 9.97 Å². The van der Waals surface area contributed by atoms with E-state index in [1.54, 1.807) is 19.1 Å². The Morgan fingerprint density at radius 3 is 2.71 bits per heavy atom. The topological polar surface area (TPSA) is 72.0 Å². The third-order valence-electron chi connectivity index (χ3n) is 2.54. The number of nitrogens with zero attached hydrogens (tertiary/aromatic N) is 1. The van der Waals surface area contributed by atoms with Gasteiger partial charge in [-0.1, -0.05) is 0 Å². The van der Waals surface area contributed by atoms with Gasteiger partial charge in [0.1, 0.15) is 17.2 Å². The quantitative estimate of drug-likeness (QED) is 0.678. The Balaban J connectivity index is 2.05. The monoisotopic (exact) mass is 308 g/mol. The van der Waals surface area contributed by atoms with Gasteiger partial charge in [-0.3, -0.25) is 4.79 Å². The molecule has 2 rings (SSSR count). The van der Waals surface area contributed by atoms with Gasteiger partial charge in [-0.25, -0.2) is 14.2 Å². The number of carbonyl (C=O) groups excluding carboxylic acids is 1. The molecule has 0 amide bonds. The van der Waals surface area contributed by atoms with Gasteiger partial charge >= 0.3 is 5.97 Å². The van der Waals surface area contributed by atoms with Gasteiger partial charge in [0.25, 0.3) is 5.56 Å². The van der Waals surface area contributed by atoms with Crippen molar-refractivity contribution in [3.8, 4) is 0 Å². The number of thioether (sulfide) groups is 1. The van der Waals surface area contributed by atoms with Crippen molar-refractivity contribution < 1.29 is 13.9 Å². The van der Waals surface area contributed by atoms with Gasteiger partial charge < -0.3 is 9.72 Å². The molecular formula is C14H13FN2O3S. The lowest BCUT2D eigenvalue weighted by Gasteiger charge is -2.03. The predicted octanol–water partition coefficient (Wildman–Crippen LogP) is 2.38. The molecule has 110 valence electrons. The molecule has 21 heavy (non-hydrogen) atoms. The number of ether oxygens (including phenoxy) is 1. The van der Waals surface area contributed by atoms with Crippen molar-refractivity contribution in [3.05, 3.63) is 58.0 Å². The zero-order valence-corrected chi connectivity index (χ0v) is 12.1. The first-order valence-corrected chi connectivity index (χ1v) is 7.22. The van der Waals surface area contributed by atoms with E-state index in [0.717, 1.165) is 4.90 Å². The van der Waals surface area contributed by atoms with Crippen molar-refractivity contribution in [2.24, 2.45) is 0 Å². The summed E-state index contributed by atoms with van der Waals surface area (Å²) in [5.74, 6) is -0.153. The molecule has 1 aromatic heterocycles. The summed E-state index contributed by atoms with van der Waals surface area (Å²) in [7, 11) is 0. The minimum Gasteiger partial charge on any atom is -0.462 e. The highest BCUT2D eigenvalue weighted by Crippen LogP contribution is 2.20. The summed E-state index contributed by atoms with van der Waals surface area (Å²) in [5.41, 5.74) is -0.648. The molecule has 7 heteroatoms. The summed E-state index contributed by atoms with van der Waals surface area (Å²) < 4.78 is 17.5. The predicted molar refractivity (Wildman–Crippen MR) is 76.8 cm³/mol. The van der Waals surface area contributed by atoms with Crippen LogP contribution in [0.5, 0.6) is 0 Å². The number of aromatic amines is 1. The van der Waals surface area contributed by atoms with Crippen molar-refractivity contribution in [3.63, 3.8) is 0 Å². The average molecular weight is 308 g/mol. The Morgan fingerprint density at radius 2 is 2.10 bits per heavy atom. The number of aromatic nitrogens is 2. The van der Waals surface area contributed by atoms with Crippen LogP contribution in [-0.4, -0.2) is 22.5 Å². The van der Waals surface area contributed by atoms with Gasteiger partial charge in [0.05, 0.1) is 12.4 Å². The SMILES string of the molecule is CCOC(=O)c1cnc(CSc2ccc(F)cc2)[nH]c1=O. The largest absolute Gasteiger partial charge is 0.462 e. The molecule has 0 spiro atoms. The zero-order chi connectivity index (χ0) is 15.2. The molecule has 1 aromatic carbocycles. The molecule has 0 aliphatic heterocycles. The number of halogens is 1. The first kappa shape index (κ1) is 15.2. The average Bonchev–Trinajstić information content (AvgIpc) is 2.47. The van der Waals surface area contributed by atoms with E-state index in [0.29, 0.717) is 11.6 Å². The van der Waals surface area contributed by atoms with E-state index >= 15 is 0 Å². The minimum absolute atomic E-state index is 0.118. The van der Waals surface area contributed by atoms with Crippen LogP contribution in [0.4, 0.5) is 4.39 Å². The molecule has 0 fully saturated rings. The van der Waals surface area contributed by atoms with Crippen LogP contribution in [0.1, 0.15) is 23.1 Å². The molecule has 0 unspecified atom stereocenters. The van der Waals surface area contributed by atoms with Crippen molar-refractivity contribution in [2.45, 2.75) is 17.6 Å². The van der Waals surface area contributed by atoms with Crippen molar-refractivity contribution >= 4 is 17.7 Å². The molecule has 1 heterocycles. The summed E-state index contributed by atoms with van der Waals surface area (Å²) >= 11 is 1.40. The van der Waals surface area contributed by atoms with Gasteiger partial charge in [0.15, 0.2) is 0 Å². The Morgan fingerprint density at radius 1 is 1.38 bits per heavy atom. The summed E-state index contributed by atoms with van der Waals surface area (Å²) in [6, 6.07) is 6.01. The molecule has 0 saturated heterocycles. The maximum atomic E-state index is 12.8. The van der Waals surface area contributed by atoms with Gasteiger partial charge in [-0.2, -0.15) is 0 Å².